The fraction of sp³-hybridized carbons (Fsp3) is 0.500. The van der Waals surface area contributed by atoms with Crippen molar-refractivity contribution in [1.82, 2.24) is 0 Å². The van der Waals surface area contributed by atoms with Crippen LogP contribution in [0.15, 0.2) is 24.3 Å². The number of nitrogens with two attached hydrogens (primary N) is 1. The van der Waals surface area contributed by atoms with Crippen LogP contribution in [-0.2, 0) is 9.47 Å². The molecule has 0 unspecified atom stereocenters. The molecule has 1 rings (SSSR count). The van der Waals surface area contributed by atoms with E-state index in [-0.39, 0.29) is 0 Å². The van der Waals surface area contributed by atoms with Crippen molar-refractivity contribution in [2.75, 3.05) is 10.6 Å². The average Bonchev–Trinajstić information content (AvgIpc) is 2.23. The maximum atomic E-state index is 12.4. The number of amides is 2. The number of benzene rings is 1. The van der Waals surface area contributed by atoms with Gasteiger partial charge in [-0.3, -0.25) is 0 Å². The highest BCUT2D eigenvalue weighted by Gasteiger charge is 2.32. The zero-order valence-corrected chi connectivity index (χ0v) is 14.0. The van der Waals surface area contributed by atoms with Gasteiger partial charge in [-0.15, -0.1) is 0 Å². The Labute approximate surface area is 131 Å². The van der Waals surface area contributed by atoms with Crippen LogP contribution in [0.4, 0.5) is 21.0 Å². The number of ether oxygens (including phenoxy) is 2. The summed E-state index contributed by atoms with van der Waals surface area (Å²) in [7, 11) is 0. The molecule has 6 heteroatoms. The second-order valence-electron chi connectivity index (χ2n) is 6.89. The lowest BCUT2D eigenvalue weighted by Gasteiger charge is -2.28. The van der Waals surface area contributed by atoms with Crippen LogP contribution in [0.1, 0.15) is 41.5 Å². The molecule has 0 saturated carbocycles. The molecule has 0 aliphatic heterocycles. The minimum Gasteiger partial charge on any atom is -0.443 e. The Hall–Kier alpha value is -2.24. The summed E-state index contributed by atoms with van der Waals surface area (Å²) >= 11 is 0. The van der Waals surface area contributed by atoms with Crippen molar-refractivity contribution in [2.24, 2.45) is 0 Å². The number of anilines is 2. The molecular weight excluding hydrogens is 284 g/mol. The first kappa shape index (κ1) is 17.8. The van der Waals surface area contributed by atoms with Gasteiger partial charge in [0.25, 0.3) is 0 Å². The second kappa shape index (κ2) is 6.25. The topological polar surface area (TPSA) is 81.9 Å². The van der Waals surface area contributed by atoms with Gasteiger partial charge in [-0.1, -0.05) is 6.07 Å². The van der Waals surface area contributed by atoms with E-state index in [9.17, 15) is 9.59 Å². The van der Waals surface area contributed by atoms with Gasteiger partial charge in [0.1, 0.15) is 11.2 Å². The van der Waals surface area contributed by atoms with Gasteiger partial charge in [0.2, 0.25) is 0 Å². The SMILES string of the molecule is CC(C)(C)OC(=O)N(C(=O)OC(C)(C)C)c1cccc(N)c1. The fourth-order valence-corrected chi connectivity index (χ4v) is 1.56. The molecule has 22 heavy (non-hydrogen) atoms. The Morgan fingerprint density at radius 1 is 0.955 bits per heavy atom. The molecule has 0 aliphatic rings. The molecule has 0 heterocycles. The van der Waals surface area contributed by atoms with Gasteiger partial charge in [-0.2, -0.15) is 4.90 Å². The van der Waals surface area contributed by atoms with Gasteiger partial charge >= 0.3 is 12.2 Å². The molecule has 0 aromatic heterocycles. The summed E-state index contributed by atoms with van der Waals surface area (Å²) in [5.74, 6) is 0. The van der Waals surface area contributed by atoms with E-state index in [2.05, 4.69) is 0 Å². The summed E-state index contributed by atoms with van der Waals surface area (Å²) in [6.45, 7) is 10.3. The summed E-state index contributed by atoms with van der Waals surface area (Å²) in [6.07, 6.45) is -1.63. The minimum atomic E-state index is -0.813. The number of imide groups is 1. The maximum absolute atomic E-state index is 12.4. The monoisotopic (exact) mass is 308 g/mol. The molecule has 0 bridgehead atoms. The van der Waals surface area contributed by atoms with Crippen LogP contribution in [0.2, 0.25) is 0 Å². The maximum Gasteiger partial charge on any atom is 0.424 e. The van der Waals surface area contributed by atoms with Crippen LogP contribution in [0, 0.1) is 0 Å². The molecule has 6 nitrogen and oxygen atoms in total. The highest BCUT2D eigenvalue weighted by Crippen LogP contribution is 2.23. The van der Waals surface area contributed by atoms with E-state index in [1.165, 1.54) is 6.07 Å². The summed E-state index contributed by atoms with van der Waals surface area (Å²) in [5, 5.41) is 0. The van der Waals surface area contributed by atoms with Crippen LogP contribution < -0.4 is 10.6 Å². The van der Waals surface area contributed by atoms with E-state index in [1.54, 1.807) is 59.7 Å². The van der Waals surface area contributed by atoms with Crippen LogP contribution in [0.3, 0.4) is 0 Å². The van der Waals surface area contributed by atoms with E-state index in [0.29, 0.717) is 11.4 Å². The van der Waals surface area contributed by atoms with Gasteiger partial charge < -0.3 is 15.2 Å². The van der Waals surface area contributed by atoms with Crippen LogP contribution in [0.25, 0.3) is 0 Å². The lowest BCUT2D eigenvalue weighted by molar-refractivity contribution is 0.0431. The van der Waals surface area contributed by atoms with Crippen molar-refractivity contribution in [3.63, 3.8) is 0 Å². The second-order valence-corrected chi connectivity index (χ2v) is 6.89. The average molecular weight is 308 g/mol. The molecule has 2 amide bonds. The number of hydrogen-bond acceptors (Lipinski definition) is 5. The lowest BCUT2D eigenvalue weighted by Crippen LogP contribution is -2.43. The Balaban J connectivity index is 3.15. The van der Waals surface area contributed by atoms with Gasteiger partial charge in [-0.05, 0) is 59.7 Å². The number of hydrogen-bond donors (Lipinski definition) is 1. The molecule has 1 aromatic carbocycles. The summed E-state index contributed by atoms with van der Waals surface area (Å²) < 4.78 is 10.6. The quantitative estimate of drug-likeness (QED) is 0.794. The largest absolute Gasteiger partial charge is 0.443 e. The molecule has 2 N–H and O–H groups in total. The number of carbonyl (C=O) groups is 2. The molecule has 122 valence electrons. The van der Waals surface area contributed by atoms with Crippen molar-refractivity contribution in [3.8, 4) is 0 Å². The van der Waals surface area contributed by atoms with Crippen molar-refractivity contribution >= 4 is 23.6 Å². The molecule has 0 atom stereocenters. The first-order chi connectivity index (χ1) is 9.89. The normalized spacial score (nSPS) is 11.7. The zero-order chi connectivity index (χ0) is 17.1. The standard InChI is InChI=1S/C16H24N2O4/c1-15(2,3)21-13(19)18(14(20)22-16(4,5)6)12-9-7-8-11(17)10-12/h7-10H,17H2,1-6H3. The summed E-state index contributed by atoms with van der Waals surface area (Å²) in [6, 6.07) is 6.40. The van der Waals surface area contributed by atoms with Crippen LogP contribution in [0.5, 0.6) is 0 Å². The first-order valence-electron chi connectivity index (χ1n) is 7.01. The van der Waals surface area contributed by atoms with E-state index in [4.69, 9.17) is 15.2 Å². The molecule has 0 fully saturated rings. The van der Waals surface area contributed by atoms with Crippen molar-refractivity contribution in [2.45, 2.75) is 52.7 Å². The number of nitrogens with zero attached hydrogens (tertiary/aromatic N) is 1. The van der Waals surface area contributed by atoms with Crippen LogP contribution in [-0.4, -0.2) is 23.4 Å². The fourth-order valence-electron chi connectivity index (χ4n) is 1.56. The Bertz CT molecular complexity index is 528. The van der Waals surface area contributed by atoms with Gasteiger partial charge in [0, 0.05) is 5.69 Å². The Kier molecular flexibility index (Phi) is 5.06. The van der Waals surface area contributed by atoms with E-state index in [1.807, 2.05) is 0 Å². The Morgan fingerprint density at radius 2 is 1.41 bits per heavy atom. The predicted molar refractivity (Wildman–Crippen MR) is 85.8 cm³/mol. The smallest absolute Gasteiger partial charge is 0.424 e. The third kappa shape index (κ3) is 5.63. The summed E-state index contributed by atoms with van der Waals surface area (Å²) in [4.78, 5) is 25.6. The Morgan fingerprint density at radius 3 is 1.77 bits per heavy atom. The van der Waals surface area contributed by atoms with E-state index in [0.717, 1.165) is 4.90 Å². The lowest BCUT2D eigenvalue weighted by atomic mass is 10.2. The predicted octanol–water partition coefficient (Wildman–Crippen LogP) is 3.95. The molecule has 0 radical (unpaired) electrons. The number of carbonyl (C=O) groups excluding carboxylic acids is 2. The van der Waals surface area contributed by atoms with Crippen molar-refractivity contribution in [1.29, 1.82) is 0 Å². The number of rotatable bonds is 1. The molecule has 0 aliphatic carbocycles. The highest BCUT2D eigenvalue weighted by atomic mass is 16.6. The van der Waals surface area contributed by atoms with Gasteiger partial charge in [0.15, 0.2) is 0 Å². The van der Waals surface area contributed by atoms with Crippen LogP contribution >= 0.6 is 0 Å². The summed E-state index contributed by atoms with van der Waals surface area (Å²) in [5.41, 5.74) is 4.96. The highest BCUT2D eigenvalue weighted by molar-refractivity contribution is 6.09. The van der Waals surface area contributed by atoms with Crippen molar-refractivity contribution in [3.05, 3.63) is 24.3 Å². The van der Waals surface area contributed by atoms with E-state index >= 15 is 0 Å². The van der Waals surface area contributed by atoms with E-state index < -0.39 is 23.4 Å². The third-order valence-electron chi connectivity index (χ3n) is 2.28. The zero-order valence-electron chi connectivity index (χ0n) is 14.0. The van der Waals surface area contributed by atoms with Gasteiger partial charge in [0.05, 0.1) is 5.69 Å². The molecule has 0 saturated heterocycles. The first-order valence-corrected chi connectivity index (χ1v) is 7.01. The molecule has 0 spiro atoms. The molecule has 1 aromatic rings. The molecular formula is C16H24N2O4. The third-order valence-corrected chi connectivity index (χ3v) is 2.28. The minimum absolute atomic E-state index is 0.295. The van der Waals surface area contributed by atoms with Crippen molar-refractivity contribution < 1.29 is 19.1 Å². The number of nitrogen functional groups attached to an aromatic ring is 1. The van der Waals surface area contributed by atoms with Gasteiger partial charge in [-0.25, -0.2) is 9.59 Å².